The molecule has 1 fully saturated rings. The lowest BCUT2D eigenvalue weighted by Crippen LogP contribution is -2.48. The van der Waals surface area contributed by atoms with Crippen molar-refractivity contribution in [2.75, 3.05) is 19.6 Å². The van der Waals surface area contributed by atoms with Crippen LogP contribution in [0.2, 0.25) is 5.02 Å². The van der Waals surface area contributed by atoms with E-state index in [1.54, 1.807) is 0 Å². The van der Waals surface area contributed by atoms with E-state index in [1.165, 1.54) is 0 Å². The summed E-state index contributed by atoms with van der Waals surface area (Å²) in [6.07, 6.45) is 3.96. The minimum Gasteiger partial charge on any atom is -0.312 e. The molecule has 2 aromatic heterocycles. The average Bonchev–Trinajstić information content (AvgIpc) is 2.70. The largest absolute Gasteiger partial charge is 0.312 e. The molecule has 1 aliphatic heterocycles. The van der Waals surface area contributed by atoms with E-state index in [9.17, 15) is 0 Å². The normalized spacial score (nSPS) is 21.6. The van der Waals surface area contributed by atoms with E-state index in [4.69, 9.17) is 11.6 Å². The number of nitrogens with zero attached hydrogens (tertiary/aromatic N) is 3. The van der Waals surface area contributed by atoms with Gasteiger partial charge in [0.1, 0.15) is 5.65 Å². The van der Waals surface area contributed by atoms with Crippen LogP contribution >= 0.6 is 11.6 Å². The minimum absolute atomic E-state index is 0.560. The van der Waals surface area contributed by atoms with Crippen LogP contribution in [0.1, 0.15) is 12.6 Å². The van der Waals surface area contributed by atoms with Gasteiger partial charge in [-0.1, -0.05) is 11.6 Å². The maximum Gasteiger partial charge on any atom is 0.137 e. The molecule has 0 radical (unpaired) electrons. The number of piperazine rings is 1. The lowest BCUT2D eigenvalue weighted by atomic mass is 10.2. The number of hydrogen-bond donors (Lipinski definition) is 1. The van der Waals surface area contributed by atoms with Gasteiger partial charge in [0, 0.05) is 44.6 Å². The predicted octanol–water partition coefficient (Wildman–Crippen LogP) is 1.78. The molecular formula is C13H17ClN4. The van der Waals surface area contributed by atoms with Crippen LogP contribution in [0.4, 0.5) is 0 Å². The SMILES string of the molecule is C[C@H]1CN(Cc2cn3cc(Cl)ccc3n2)CCN1. The molecule has 96 valence electrons. The predicted molar refractivity (Wildman–Crippen MR) is 72.9 cm³/mol. The fourth-order valence-electron chi connectivity index (χ4n) is 2.48. The number of nitrogens with one attached hydrogen (secondary N) is 1. The molecule has 1 aliphatic rings. The first-order chi connectivity index (χ1) is 8.70. The first-order valence-electron chi connectivity index (χ1n) is 6.29. The summed E-state index contributed by atoms with van der Waals surface area (Å²) < 4.78 is 1.99. The van der Waals surface area contributed by atoms with Crippen LogP contribution in [-0.2, 0) is 6.54 Å². The minimum atomic E-state index is 0.560. The van der Waals surface area contributed by atoms with Crippen LogP contribution < -0.4 is 5.32 Å². The van der Waals surface area contributed by atoms with Crippen LogP contribution in [0.5, 0.6) is 0 Å². The zero-order valence-corrected chi connectivity index (χ0v) is 11.2. The Morgan fingerprint density at radius 2 is 2.33 bits per heavy atom. The molecule has 1 N–H and O–H groups in total. The van der Waals surface area contributed by atoms with Gasteiger partial charge in [0.05, 0.1) is 10.7 Å². The molecule has 0 bridgehead atoms. The third-order valence-electron chi connectivity index (χ3n) is 3.30. The van der Waals surface area contributed by atoms with E-state index in [2.05, 4.69) is 28.3 Å². The number of aromatic nitrogens is 2. The van der Waals surface area contributed by atoms with Crippen molar-refractivity contribution in [3.63, 3.8) is 0 Å². The Morgan fingerprint density at radius 1 is 1.44 bits per heavy atom. The van der Waals surface area contributed by atoms with Crippen molar-refractivity contribution >= 4 is 17.2 Å². The van der Waals surface area contributed by atoms with Gasteiger partial charge in [-0.15, -0.1) is 0 Å². The molecule has 0 amide bonds. The molecule has 0 saturated carbocycles. The van der Waals surface area contributed by atoms with Crippen molar-refractivity contribution in [2.45, 2.75) is 19.5 Å². The Hall–Kier alpha value is -1.10. The maximum absolute atomic E-state index is 5.97. The quantitative estimate of drug-likeness (QED) is 0.898. The lowest BCUT2D eigenvalue weighted by Gasteiger charge is -2.31. The summed E-state index contributed by atoms with van der Waals surface area (Å²) >= 11 is 5.97. The molecule has 1 atom stereocenters. The van der Waals surface area contributed by atoms with Crippen molar-refractivity contribution < 1.29 is 0 Å². The third kappa shape index (κ3) is 2.51. The molecule has 0 aliphatic carbocycles. The third-order valence-corrected chi connectivity index (χ3v) is 3.53. The highest BCUT2D eigenvalue weighted by Gasteiger charge is 2.16. The zero-order chi connectivity index (χ0) is 12.5. The Kier molecular flexibility index (Phi) is 3.24. The van der Waals surface area contributed by atoms with Crippen LogP contribution in [0.15, 0.2) is 24.5 Å². The Balaban J connectivity index is 1.78. The Morgan fingerprint density at radius 3 is 3.17 bits per heavy atom. The molecule has 0 aromatic carbocycles. The van der Waals surface area contributed by atoms with E-state index in [0.717, 1.165) is 42.5 Å². The molecule has 3 rings (SSSR count). The summed E-state index contributed by atoms with van der Waals surface area (Å²) in [4.78, 5) is 7.05. The zero-order valence-electron chi connectivity index (χ0n) is 10.4. The fraction of sp³-hybridized carbons (Fsp3) is 0.462. The molecule has 0 unspecified atom stereocenters. The average molecular weight is 265 g/mol. The van der Waals surface area contributed by atoms with Crippen LogP contribution in [0.3, 0.4) is 0 Å². The van der Waals surface area contributed by atoms with Gasteiger partial charge in [0.2, 0.25) is 0 Å². The van der Waals surface area contributed by atoms with Gasteiger partial charge in [-0.25, -0.2) is 4.98 Å². The van der Waals surface area contributed by atoms with Gasteiger partial charge in [0.25, 0.3) is 0 Å². The summed E-state index contributed by atoms with van der Waals surface area (Å²) in [5, 5.41) is 4.19. The summed E-state index contributed by atoms with van der Waals surface area (Å²) in [7, 11) is 0. The van der Waals surface area contributed by atoms with Gasteiger partial charge in [-0.2, -0.15) is 0 Å². The molecular weight excluding hydrogens is 248 g/mol. The van der Waals surface area contributed by atoms with E-state index in [1.807, 2.05) is 22.7 Å². The van der Waals surface area contributed by atoms with Crippen LogP contribution in [0.25, 0.3) is 5.65 Å². The first kappa shape index (κ1) is 12.0. The molecule has 3 heterocycles. The Labute approximate surface area is 112 Å². The molecule has 1 saturated heterocycles. The van der Waals surface area contributed by atoms with Gasteiger partial charge in [0.15, 0.2) is 0 Å². The number of rotatable bonds is 2. The second kappa shape index (κ2) is 4.88. The molecule has 18 heavy (non-hydrogen) atoms. The first-order valence-corrected chi connectivity index (χ1v) is 6.67. The highest BCUT2D eigenvalue weighted by atomic mass is 35.5. The topological polar surface area (TPSA) is 32.6 Å². The second-order valence-corrected chi connectivity index (χ2v) is 5.37. The standard InChI is InChI=1S/C13H17ClN4/c1-10-6-17(5-4-15-10)8-12-9-18-7-11(14)2-3-13(18)16-12/h2-3,7,9-10,15H,4-6,8H2,1H3/t10-/m0/s1. The summed E-state index contributed by atoms with van der Waals surface area (Å²) in [5.74, 6) is 0. The lowest BCUT2D eigenvalue weighted by molar-refractivity contribution is 0.198. The molecule has 0 spiro atoms. The van der Waals surface area contributed by atoms with Crippen molar-refractivity contribution in [3.8, 4) is 0 Å². The number of imidazole rings is 1. The van der Waals surface area contributed by atoms with Crippen molar-refractivity contribution in [2.24, 2.45) is 0 Å². The Bertz CT molecular complexity index is 551. The maximum atomic E-state index is 5.97. The number of hydrogen-bond acceptors (Lipinski definition) is 3. The van der Waals surface area contributed by atoms with E-state index in [-0.39, 0.29) is 0 Å². The summed E-state index contributed by atoms with van der Waals surface area (Å²) in [6.45, 7) is 6.34. The number of fused-ring (bicyclic) bond motifs is 1. The van der Waals surface area contributed by atoms with E-state index >= 15 is 0 Å². The van der Waals surface area contributed by atoms with E-state index in [0.29, 0.717) is 6.04 Å². The number of pyridine rings is 1. The summed E-state index contributed by atoms with van der Waals surface area (Å²) in [5.41, 5.74) is 2.06. The highest BCUT2D eigenvalue weighted by molar-refractivity contribution is 6.30. The van der Waals surface area contributed by atoms with Gasteiger partial charge in [-0.05, 0) is 19.1 Å². The monoisotopic (exact) mass is 264 g/mol. The number of halogens is 1. The van der Waals surface area contributed by atoms with Gasteiger partial charge < -0.3 is 9.72 Å². The second-order valence-electron chi connectivity index (χ2n) is 4.94. The smallest absolute Gasteiger partial charge is 0.137 e. The van der Waals surface area contributed by atoms with Crippen molar-refractivity contribution in [3.05, 3.63) is 35.2 Å². The summed E-state index contributed by atoms with van der Waals surface area (Å²) in [6, 6.07) is 4.39. The van der Waals surface area contributed by atoms with E-state index < -0.39 is 0 Å². The van der Waals surface area contributed by atoms with Crippen molar-refractivity contribution in [1.82, 2.24) is 19.6 Å². The highest BCUT2D eigenvalue weighted by Crippen LogP contribution is 2.13. The molecule has 4 nitrogen and oxygen atoms in total. The van der Waals surface area contributed by atoms with Gasteiger partial charge >= 0.3 is 0 Å². The van der Waals surface area contributed by atoms with Gasteiger partial charge in [-0.3, -0.25) is 4.90 Å². The van der Waals surface area contributed by atoms with Crippen LogP contribution in [0, 0.1) is 0 Å². The molecule has 5 heteroatoms. The fourth-order valence-corrected chi connectivity index (χ4v) is 2.65. The van der Waals surface area contributed by atoms with Crippen molar-refractivity contribution in [1.29, 1.82) is 0 Å². The molecule has 2 aromatic rings. The van der Waals surface area contributed by atoms with Crippen LogP contribution in [-0.4, -0.2) is 40.0 Å².